The minimum absolute atomic E-state index is 0.0188. The molecule has 3 nitrogen and oxygen atoms in total. The highest BCUT2D eigenvalue weighted by Gasteiger charge is 2.33. The average Bonchev–Trinajstić information content (AvgIpc) is 2.40. The summed E-state index contributed by atoms with van der Waals surface area (Å²) in [5.74, 6) is -0.194. The molecule has 2 rings (SSSR count). The van der Waals surface area contributed by atoms with Crippen LogP contribution in [0, 0.1) is 9.49 Å². The minimum Gasteiger partial charge on any atom is -0.294 e. The van der Waals surface area contributed by atoms with Crippen molar-refractivity contribution in [2.75, 3.05) is 6.26 Å². The van der Waals surface area contributed by atoms with Crippen LogP contribution in [-0.4, -0.2) is 25.7 Å². The Kier molecular flexibility index (Phi) is 5.13. The summed E-state index contributed by atoms with van der Waals surface area (Å²) in [5, 5.41) is 0.145. The zero-order chi connectivity index (χ0) is 14.9. The Morgan fingerprint density at radius 1 is 1.35 bits per heavy atom. The molecule has 1 saturated carbocycles. The lowest BCUT2D eigenvalue weighted by Crippen LogP contribution is -2.31. The zero-order valence-electron chi connectivity index (χ0n) is 11.1. The molecule has 0 bridgehead atoms. The van der Waals surface area contributed by atoms with E-state index in [1.807, 2.05) is 6.07 Å². The molecule has 2 atom stereocenters. The van der Waals surface area contributed by atoms with Crippen LogP contribution in [0.5, 0.6) is 0 Å². The van der Waals surface area contributed by atoms with Crippen LogP contribution in [0.3, 0.4) is 0 Å². The van der Waals surface area contributed by atoms with Gasteiger partial charge in [0.15, 0.2) is 5.78 Å². The summed E-state index contributed by atoms with van der Waals surface area (Å²) in [6.45, 7) is 0. The molecular formula is C14H16ClIO3S. The van der Waals surface area contributed by atoms with Crippen molar-refractivity contribution in [1.29, 1.82) is 0 Å². The summed E-state index contributed by atoms with van der Waals surface area (Å²) in [6, 6.07) is 5.24. The second-order valence-corrected chi connectivity index (χ2v) is 9.23. The number of sulfone groups is 1. The molecule has 1 aromatic carbocycles. The molecular weight excluding hydrogens is 411 g/mol. The number of hydrogen-bond donors (Lipinski definition) is 0. The fraction of sp³-hybridized carbons (Fsp3) is 0.500. The van der Waals surface area contributed by atoms with E-state index in [0.29, 0.717) is 23.4 Å². The van der Waals surface area contributed by atoms with E-state index in [4.69, 9.17) is 11.6 Å². The second-order valence-electron chi connectivity index (χ2n) is 5.30. The molecule has 0 aliphatic heterocycles. The molecule has 2 unspecified atom stereocenters. The second kappa shape index (κ2) is 6.32. The van der Waals surface area contributed by atoms with E-state index in [9.17, 15) is 13.2 Å². The van der Waals surface area contributed by atoms with E-state index >= 15 is 0 Å². The maximum Gasteiger partial charge on any atom is 0.167 e. The van der Waals surface area contributed by atoms with E-state index in [2.05, 4.69) is 22.6 Å². The molecule has 1 aliphatic carbocycles. The number of ketones is 1. The first-order chi connectivity index (χ1) is 9.29. The van der Waals surface area contributed by atoms with Gasteiger partial charge in [0.2, 0.25) is 0 Å². The Morgan fingerprint density at radius 2 is 2.05 bits per heavy atom. The topological polar surface area (TPSA) is 51.2 Å². The highest BCUT2D eigenvalue weighted by molar-refractivity contribution is 14.1. The van der Waals surface area contributed by atoms with Gasteiger partial charge < -0.3 is 0 Å². The van der Waals surface area contributed by atoms with Crippen molar-refractivity contribution in [3.8, 4) is 0 Å². The monoisotopic (exact) mass is 426 g/mol. The smallest absolute Gasteiger partial charge is 0.167 e. The van der Waals surface area contributed by atoms with Gasteiger partial charge in [0, 0.05) is 26.3 Å². The lowest BCUT2D eigenvalue weighted by atomic mass is 9.83. The van der Waals surface area contributed by atoms with Crippen LogP contribution in [0.15, 0.2) is 18.2 Å². The molecule has 0 saturated heterocycles. The Hall–Kier alpha value is -0.140. The van der Waals surface area contributed by atoms with Crippen molar-refractivity contribution in [3.63, 3.8) is 0 Å². The van der Waals surface area contributed by atoms with Gasteiger partial charge in [0.05, 0.1) is 5.25 Å². The third-order valence-corrected chi connectivity index (χ3v) is 6.61. The number of benzene rings is 1. The summed E-state index contributed by atoms with van der Waals surface area (Å²) >= 11 is 8.06. The van der Waals surface area contributed by atoms with Crippen LogP contribution in [-0.2, 0) is 9.84 Å². The molecule has 0 radical (unpaired) electrons. The van der Waals surface area contributed by atoms with Gasteiger partial charge in [-0.05, 0) is 60.1 Å². The number of carbonyl (C=O) groups is 1. The van der Waals surface area contributed by atoms with Gasteiger partial charge in [-0.3, -0.25) is 4.79 Å². The minimum atomic E-state index is -3.07. The van der Waals surface area contributed by atoms with E-state index in [1.165, 1.54) is 6.26 Å². The average molecular weight is 427 g/mol. The largest absolute Gasteiger partial charge is 0.294 e. The number of rotatable bonds is 3. The maximum atomic E-state index is 12.6. The van der Waals surface area contributed by atoms with E-state index in [0.717, 1.165) is 16.4 Å². The molecule has 0 amide bonds. The summed E-state index contributed by atoms with van der Waals surface area (Å²) in [7, 11) is -3.07. The number of carbonyl (C=O) groups excluding carboxylic acids is 1. The molecule has 0 spiro atoms. The van der Waals surface area contributed by atoms with Crippen molar-refractivity contribution in [3.05, 3.63) is 32.4 Å². The highest BCUT2D eigenvalue weighted by atomic mass is 127. The molecule has 0 heterocycles. The van der Waals surface area contributed by atoms with Crippen molar-refractivity contribution in [2.24, 2.45) is 5.92 Å². The lowest BCUT2D eigenvalue weighted by Gasteiger charge is -2.27. The first-order valence-corrected chi connectivity index (χ1v) is 9.88. The molecule has 1 aliphatic rings. The Bertz CT molecular complexity index is 627. The van der Waals surface area contributed by atoms with E-state index in [-0.39, 0.29) is 17.0 Å². The molecule has 1 fully saturated rings. The molecule has 1 aromatic rings. The fourth-order valence-electron chi connectivity index (χ4n) is 2.68. The van der Waals surface area contributed by atoms with Gasteiger partial charge in [-0.15, -0.1) is 0 Å². The number of halogens is 2. The van der Waals surface area contributed by atoms with Crippen molar-refractivity contribution in [1.82, 2.24) is 0 Å². The van der Waals surface area contributed by atoms with Crippen molar-refractivity contribution < 1.29 is 13.2 Å². The standard InChI is InChI=1S/C14H16ClIO3S/c1-20(18,19)11-4-2-3-9(7-11)14(17)12-8-10(15)5-6-13(12)16/h5-6,8-9,11H,2-4,7H2,1H3. The lowest BCUT2D eigenvalue weighted by molar-refractivity contribution is 0.0890. The first kappa shape index (κ1) is 16.2. The zero-order valence-corrected chi connectivity index (χ0v) is 14.8. The van der Waals surface area contributed by atoms with Gasteiger partial charge in [-0.2, -0.15) is 0 Å². The maximum absolute atomic E-state index is 12.6. The predicted molar refractivity (Wildman–Crippen MR) is 89.1 cm³/mol. The van der Waals surface area contributed by atoms with Gasteiger partial charge in [-0.1, -0.05) is 18.0 Å². The summed E-state index contributed by atoms with van der Waals surface area (Å²) in [6.07, 6.45) is 3.89. The molecule has 20 heavy (non-hydrogen) atoms. The summed E-state index contributed by atoms with van der Waals surface area (Å²) in [4.78, 5) is 12.6. The van der Waals surface area contributed by atoms with Gasteiger partial charge in [-0.25, -0.2) is 8.42 Å². The first-order valence-electron chi connectivity index (χ1n) is 6.47. The van der Waals surface area contributed by atoms with Crippen LogP contribution in [0.4, 0.5) is 0 Å². The summed E-state index contributed by atoms with van der Waals surface area (Å²) in [5.41, 5.74) is 0.609. The van der Waals surface area contributed by atoms with Gasteiger partial charge in [0.1, 0.15) is 9.84 Å². The highest BCUT2D eigenvalue weighted by Crippen LogP contribution is 2.32. The molecule has 0 aromatic heterocycles. The van der Waals surface area contributed by atoms with E-state index < -0.39 is 9.84 Å². The Labute approximate surface area is 138 Å². The van der Waals surface area contributed by atoms with Crippen molar-refractivity contribution in [2.45, 2.75) is 30.9 Å². The predicted octanol–water partition coefficient (Wildman–Crippen LogP) is 3.73. The normalized spacial score (nSPS) is 23.6. The molecule has 0 N–H and O–H groups in total. The van der Waals surface area contributed by atoms with Crippen molar-refractivity contribution >= 4 is 49.8 Å². The third kappa shape index (κ3) is 3.74. The Morgan fingerprint density at radius 3 is 2.70 bits per heavy atom. The SMILES string of the molecule is CS(=O)(=O)C1CCCC(C(=O)c2cc(Cl)ccc2I)C1. The fourth-order valence-corrected chi connectivity index (χ4v) is 4.63. The molecule has 110 valence electrons. The molecule has 6 heteroatoms. The Balaban J connectivity index is 2.23. The van der Waals surface area contributed by atoms with Gasteiger partial charge in [0.25, 0.3) is 0 Å². The third-order valence-electron chi connectivity index (χ3n) is 3.80. The summed E-state index contributed by atoms with van der Waals surface area (Å²) < 4.78 is 24.2. The number of hydrogen-bond acceptors (Lipinski definition) is 3. The van der Waals surface area contributed by atoms with Crippen LogP contribution in [0.1, 0.15) is 36.0 Å². The quantitative estimate of drug-likeness (QED) is 0.547. The van der Waals surface area contributed by atoms with Crippen LogP contribution >= 0.6 is 34.2 Å². The van der Waals surface area contributed by atoms with Crippen LogP contribution in [0.25, 0.3) is 0 Å². The van der Waals surface area contributed by atoms with Crippen LogP contribution < -0.4 is 0 Å². The van der Waals surface area contributed by atoms with E-state index in [1.54, 1.807) is 12.1 Å². The van der Waals surface area contributed by atoms with Crippen LogP contribution in [0.2, 0.25) is 5.02 Å². The van der Waals surface area contributed by atoms with Gasteiger partial charge >= 0.3 is 0 Å². The number of Topliss-reactive ketones (excluding diaryl/α,β-unsaturated/α-hetero) is 1.